The molecule has 0 aliphatic heterocycles. The quantitative estimate of drug-likeness (QED) is 0.809. The number of hydrogen-bond acceptors (Lipinski definition) is 5. The third kappa shape index (κ3) is 5.81. The van der Waals surface area contributed by atoms with Crippen molar-refractivity contribution in [3.63, 3.8) is 0 Å². The Morgan fingerprint density at radius 3 is 2.78 bits per heavy atom. The van der Waals surface area contributed by atoms with Gasteiger partial charge in [0.25, 0.3) is 0 Å². The molecule has 6 heteroatoms. The Kier molecular flexibility index (Phi) is 6.26. The fraction of sp³-hybridized carbons (Fsp3) is 0.529. The lowest BCUT2D eigenvalue weighted by Crippen LogP contribution is -2.32. The molecule has 0 aliphatic rings. The highest BCUT2D eigenvalue weighted by atomic mass is 16.5. The van der Waals surface area contributed by atoms with Crippen molar-refractivity contribution in [2.45, 2.75) is 52.5 Å². The summed E-state index contributed by atoms with van der Waals surface area (Å²) in [5.41, 5.74) is 0.661. The van der Waals surface area contributed by atoms with E-state index in [2.05, 4.69) is 34.3 Å². The van der Waals surface area contributed by atoms with Crippen LogP contribution in [0.5, 0.6) is 0 Å². The number of nitrogens with one attached hydrogen (secondary N) is 1. The standard InChI is InChI=1S/C17H24N4O2/c1-12(2)7-8-13(3)19-15(22)9-10-16-20-17(21-23-16)14-6-4-5-11-18-14/h4-6,11-13H,7-10H2,1-3H3,(H,19,22)/t13-/m0/s1. The number of nitrogens with zero attached hydrogens (tertiary/aromatic N) is 3. The molecule has 0 spiro atoms. The van der Waals surface area contributed by atoms with Crippen molar-refractivity contribution in [1.29, 1.82) is 0 Å². The van der Waals surface area contributed by atoms with Crippen molar-refractivity contribution in [2.24, 2.45) is 5.92 Å². The van der Waals surface area contributed by atoms with Crippen LogP contribution in [0.1, 0.15) is 45.9 Å². The second-order valence-corrected chi connectivity index (χ2v) is 6.17. The lowest BCUT2D eigenvalue weighted by atomic mass is 10.0. The first kappa shape index (κ1) is 17.1. The molecule has 1 N–H and O–H groups in total. The molecule has 1 amide bonds. The summed E-state index contributed by atoms with van der Waals surface area (Å²) in [6.45, 7) is 6.40. The first-order valence-electron chi connectivity index (χ1n) is 8.08. The maximum absolute atomic E-state index is 11.9. The normalized spacial score (nSPS) is 12.3. The predicted molar refractivity (Wildman–Crippen MR) is 87.5 cm³/mol. The molecule has 1 atom stereocenters. The van der Waals surface area contributed by atoms with Gasteiger partial charge >= 0.3 is 0 Å². The average Bonchev–Trinajstić information content (AvgIpc) is 3.01. The van der Waals surface area contributed by atoms with Crippen LogP contribution < -0.4 is 5.32 Å². The van der Waals surface area contributed by atoms with Crippen LogP contribution in [0.3, 0.4) is 0 Å². The topological polar surface area (TPSA) is 80.9 Å². The number of carbonyl (C=O) groups excluding carboxylic acids is 1. The molecule has 0 bridgehead atoms. The third-order valence-electron chi connectivity index (χ3n) is 3.51. The highest BCUT2D eigenvalue weighted by molar-refractivity contribution is 5.76. The Bertz CT molecular complexity index is 610. The molecule has 2 aromatic rings. The Hall–Kier alpha value is -2.24. The second kappa shape index (κ2) is 8.41. The van der Waals surface area contributed by atoms with Gasteiger partial charge < -0.3 is 9.84 Å². The number of aromatic nitrogens is 3. The minimum atomic E-state index is 0.0128. The summed E-state index contributed by atoms with van der Waals surface area (Å²) in [7, 11) is 0. The van der Waals surface area contributed by atoms with Crippen LogP contribution in [0.2, 0.25) is 0 Å². The van der Waals surface area contributed by atoms with E-state index in [9.17, 15) is 4.79 Å². The lowest BCUT2D eigenvalue weighted by molar-refractivity contribution is -0.121. The van der Waals surface area contributed by atoms with Crippen LogP contribution in [0, 0.1) is 5.92 Å². The van der Waals surface area contributed by atoms with Crippen LogP contribution in [0.4, 0.5) is 0 Å². The van der Waals surface area contributed by atoms with E-state index in [0.29, 0.717) is 36.2 Å². The largest absolute Gasteiger partial charge is 0.354 e. The number of pyridine rings is 1. The van der Waals surface area contributed by atoms with Gasteiger partial charge in [0.05, 0.1) is 0 Å². The monoisotopic (exact) mass is 316 g/mol. The first-order valence-corrected chi connectivity index (χ1v) is 8.08. The lowest BCUT2D eigenvalue weighted by Gasteiger charge is -2.14. The summed E-state index contributed by atoms with van der Waals surface area (Å²) >= 11 is 0. The Morgan fingerprint density at radius 1 is 1.26 bits per heavy atom. The number of aryl methyl sites for hydroxylation is 1. The van der Waals surface area contributed by atoms with Gasteiger partial charge in [-0.15, -0.1) is 0 Å². The van der Waals surface area contributed by atoms with Crippen LogP contribution in [0.25, 0.3) is 11.5 Å². The SMILES string of the molecule is CC(C)CC[C@H](C)NC(=O)CCc1nc(-c2ccccn2)no1. The van der Waals surface area contributed by atoms with Crippen molar-refractivity contribution < 1.29 is 9.32 Å². The zero-order chi connectivity index (χ0) is 16.7. The molecule has 0 fully saturated rings. The summed E-state index contributed by atoms with van der Waals surface area (Å²) in [4.78, 5) is 20.4. The maximum atomic E-state index is 11.9. The third-order valence-corrected chi connectivity index (χ3v) is 3.51. The highest BCUT2D eigenvalue weighted by Crippen LogP contribution is 2.13. The number of amides is 1. The molecule has 0 saturated carbocycles. The summed E-state index contributed by atoms with van der Waals surface area (Å²) in [5, 5.41) is 6.90. The van der Waals surface area contributed by atoms with Gasteiger partial charge in [-0.3, -0.25) is 9.78 Å². The van der Waals surface area contributed by atoms with E-state index < -0.39 is 0 Å². The predicted octanol–water partition coefficient (Wildman–Crippen LogP) is 3.01. The van der Waals surface area contributed by atoms with E-state index in [1.165, 1.54) is 0 Å². The molecule has 124 valence electrons. The van der Waals surface area contributed by atoms with Crippen molar-refractivity contribution in [3.8, 4) is 11.5 Å². The smallest absolute Gasteiger partial charge is 0.227 e. The maximum Gasteiger partial charge on any atom is 0.227 e. The zero-order valence-corrected chi connectivity index (χ0v) is 14.0. The molecule has 2 rings (SSSR count). The van der Waals surface area contributed by atoms with Gasteiger partial charge in [-0.2, -0.15) is 4.98 Å². The van der Waals surface area contributed by atoms with Gasteiger partial charge in [0, 0.05) is 25.1 Å². The van der Waals surface area contributed by atoms with E-state index in [4.69, 9.17) is 4.52 Å². The van der Waals surface area contributed by atoms with Crippen LogP contribution >= 0.6 is 0 Å². The van der Waals surface area contributed by atoms with Gasteiger partial charge in [-0.1, -0.05) is 25.1 Å². The fourth-order valence-corrected chi connectivity index (χ4v) is 2.18. The summed E-state index contributed by atoms with van der Waals surface area (Å²) < 4.78 is 5.17. The molecule has 0 unspecified atom stereocenters. The highest BCUT2D eigenvalue weighted by Gasteiger charge is 2.12. The van der Waals surface area contributed by atoms with Crippen LogP contribution in [-0.2, 0) is 11.2 Å². The van der Waals surface area contributed by atoms with Crippen molar-refractivity contribution >= 4 is 5.91 Å². The molecule has 0 radical (unpaired) electrons. The second-order valence-electron chi connectivity index (χ2n) is 6.17. The summed E-state index contributed by atoms with van der Waals surface area (Å²) in [5.74, 6) is 1.57. The van der Waals surface area contributed by atoms with Crippen molar-refractivity contribution in [1.82, 2.24) is 20.4 Å². The Morgan fingerprint density at radius 2 is 2.09 bits per heavy atom. The minimum absolute atomic E-state index is 0.0128. The van der Waals surface area contributed by atoms with Crippen molar-refractivity contribution in [3.05, 3.63) is 30.3 Å². The van der Waals surface area contributed by atoms with Crippen LogP contribution in [0.15, 0.2) is 28.9 Å². The molecule has 0 saturated heterocycles. The van der Waals surface area contributed by atoms with E-state index >= 15 is 0 Å². The fourth-order valence-electron chi connectivity index (χ4n) is 2.18. The number of hydrogen-bond donors (Lipinski definition) is 1. The first-order chi connectivity index (χ1) is 11.0. The summed E-state index contributed by atoms with van der Waals surface area (Å²) in [6.07, 6.45) is 4.56. The molecular formula is C17H24N4O2. The van der Waals surface area contributed by atoms with E-state index in [0.717, 1.165) is 12.8 Å². The number of carbonyl (C=O) groups is 1. The van der Waals surface area contributed by atoms with Crippen LogP contribution in [-0.4, -0.2) is 27.1 Å². The van der Waals surface area contributed by atoms with Gasteiger partial charge in [0.1, 0.15) is 5.69 Å². The molecular weight excluding hydrogens is 292 g/mol. The molecule has 0 aliphatic carbocycles. The van der Waals surface area contributed by atoms with E-state index in [-0.39, 0.29) is 11.9 Å². The summed E-state index contributed by atoms with van der Waals surface area (Å²) in [6, 6.07) is 5.70. The van der Waals surface area contributed by atoms with Gasteiger partial charge in [0.15, 0.2) is 0 Å². The number of rotatable bonds is 8. The minimum Gasteiger partial charge on any atom is -0.354 e. The van der Waals surface area contributed by atoms with Gasteiger partial charge in [-0.25, -0.2) is 0 Å². The molecule has 6 nitrogen and oxygen atoms in total. The molecule has 0 aromatic carbocycles. The molecule has 2 heterocycles. The Balaban J connectivity index is 1.78. The molecule has 2 aromatic heterocycles. The molecule has 23 heavy (non-hydrogen) atoms. The van der Waals surface area contributed by atoms with Gasteiger partial charge in [-0.05, 0) is 37.8 Å². The van der Waals surface area contributed by atoms with E-state index in [1.54, 1.807) is 6.20 Å². The Labute approximate surface area is 136 Å². The van der Waals surface area contributed by atoms with Gasteiger partial charge in [0.2, 0.25) is 17.6 Å². The average molecular weight is 316 g/mol. The van der Waals surface area contributed by atoms with E-state index in [1.807, 2.05) is 25.1 Å². The zero-order valence-electron chi connectivity index (χ0n) is 14.0. The van der Waals surface area contributed by atoms with Crippen molar-refractivity contribution in [2.75, 3.05) is 0 Å².